The second kappa shape index (κ2) is 5.53. The van der Waals surface area contributed by atoms with Gasteiger partial charge in [0.15, 0.2) is 11.5 Å². The topological polar surface area (TPSA) is 43.1 Å². The molecule has 4 heteroatoms. The lowest BCUT2D eigenvalue weighted by atomic mass is 10.1. The van der Waals surface area contributed by atoms with Crippen LogP contribution in [-0.4, -0.2) is 19.6 Å². The summed E-state index contributed by atoms with van der Waals surface area (Å²) in [4.78, 5) is 9.66. The molecule has 2 heterocycles. The number of hydrogen-bond donors (Lipinski definition) is 0. The van der Waals surface area contributed by atoms with Gasteiger partial charge in [-0.15, -0.1) is 5.10 Å². The van der Waals surface area contributed by atoms with E-state index in [1.807, 2.05) is 89.4 Å². The summed E-state index contributed by atoms with van der Waals surface area (Å²) in [5.41, 5.74) is 5.49. The highest BCUT2D eigenvalue weighted by Gasteiger charge is 2.15. The molecule has 25 heavy (non-hydrogen) atoms. The van der Waals surface area contributed by atoms with Gasteiger partial charge in [-0.3, -0.25) is 0 Å². The van der Waals surface area contributed by atoms with E-state index in [1.54, 1.807) is 0 Å². The molecule has 0 aliphatic carbocycles. The van der Waals surface area contributed by atoms with Crippen molar-refractivity contribution < 1.29 is 0 Å². The van der Waals surface area contributed by atoms with Crippen LogP contribution < -0.4 is 0 Å². The summed E-state index contributed by atoms with van der Waals surface area (Å²) < 4.78 is 1.90. The van der Waals surface area contributed by atoms with Gasteiger partial charge in [0.25, 0.3) is 0 Å². The molecule has 0 atom stereocenters. The van der Waals surface area contributed by atoms with Crippen molar-refractivity contribution >= 4 is 16.7 Å². The summed E-state index contributed by atoms with van der Waals surface area (Å²) in [6.45, 7) is 0. The summed E-state index contributed by atoms with van der Waals surface area (Å²) >= 11 is 0. The molecule has 5 rings (SSSR count). The molecule has 0 spiro atoms. The van der Waals surface area contributed by atoms with Crippen molar-refractivity contribution in [3.63, 3.8) is 0 Å². The van der Waals surface area contributed by atoms with Crippen LogP contribution in [0.4, 0.5) is 0 Å². The van der Waals surface area contributed by atoms with Gasteiger partial charge in [0, 0.05) is 11.1 Å². The van der Waals surface area contributed by atoms with Crippen molar-refractivity contribution in [2.24, 2.45) is 0 Å². The van der Waals surface area contributed by atoms with Gasteiger partial charge < -0.3 is 0 Å². The van der Waals surface area contributed by atoms with Crippen molar-refractivity contribution in [1.29, 1.82) is 0 Å². The Morgan fingerprint density at radius 3 is 2.00 bits per heavy atom. The number of para-hydroxylation sites is 2. The Morgan fingerprint density at radius 2 is 1.24 bits per heavy atom. The molecule has 0 amide bonds. The summed E-state index contributed by atoms with van der Waals surface area (Å²) in [5.74, 6) is 0.705. The minimum Gasteiger partial charge on any atom is -0.242 e. The average Bonchev–Trinajstić information content (AvgIpc) is 3.14. The smallest absolute Gasteiger partial charge is 0.182 e. The lowest BCUT2D eigenvalue weighted by molar-refractivity contribution is 1.00. The maximum Gasteiger partial charge on any atom is 0.182 e. The third-order valence-corrected chi connectivity index (χ3v) is 4.24. The maximum atomic E-state index is 4.86. The minimum atomic E-state index is 0.705. The van der Waals surface area contributed by atoms with E-state index in [2.05, 4.69) is 0 Å². The Labute approximate surface area is 144 Å². The van der Waals surface area contributed by atoms with E-state index < -0.39 is 0 Å². The number of rotatable bonds is 2. The molecule has 0 aliphatic rings. The second-order valence-electron chi connectivity index (χ2n) is 5.85. The van der Waals surface area contributed by atoms with Gasteiger partial charge in [-0.2, -0.15) is 0 Å². The van der Waals surface area contributed by atoms with Crippen LogP contribution >= 0.6 is 0 Å². The van der Waals surface area contributed by atoms with E-state index in [0.717, 1.165) is 33.5 Å². The fourth-order valence-corrected chi connectivity index (χ4v) is 3.04. The predicted octanol–water partition coefficient (Wildman–Crippen LogP) is 4.61. The Kier molecular flexibility index (Phi) is 3.07. The highest BCUT2D eigenvalue weighted by Crippen LogP contribution is 2.27. The molecular weight excluding hydrogens is 308 g/mol. The van der Waals surface area contributed by atoms with Crippen LogP contribution in [0.2, 0.25) is 0 Å². The van der Waals surface area contributed by atoms with Crippen LogP contribution in [0, 0.1) is 0 Å². The van der Waals surface area contributed by atoms with E-state index in [1.165, 1.54) is 0 Å². The van der Waals surface area contributed by atoms with E-state index >= 15 is 0 Å². The van der Waals surface area contributed by atoms with Gasteiger partial charge in [-0.25, -0.2) is 14.5 Å². The average molecular weight is 322 g/mol. The molecule has 0 saturated carbocycles. The SMILES string of the molecule is c1ccc(-c2nc3c(-c4ccccc4)nc4ccccc4n3n2)cc1. The van der Waals surface area contributed by atoms with Crippen molar-refractivity contribution in [3.05, 3.63) is 84.9 Å². The molecule has 5 aromatic rings. The third kappa shape index (κ3) is 2.27. The normalized spacial score (nSPS) is 11.2. The fourth-order valence-electron chi connectivity index (χ4n) is 3.04. The molecule has 0 bridgehead atoms. The zero-order valence-corrected chi connectivity index (χ0v) is 13.4. The van der Waals surface area contributed by atoms with Gasteiger partial charge in [0.2, 0.25) is 0 Å². The van der Waals surface area contributed by atoms with E-state index in [9.17, 15) is 0 Å². The van der Waals surface area contributed by atoms with Crippen LogP contribution in [0.15, 0.2) is 84.9 Å². The maximum absolute atomic E-state index is 4.86. The minimum absolute atomic E-state index is 0.705. The molecule has 4 nitrogen and oxygen atoms in total. The lowest BCUT2D eigenvalue weighted by Gasteiger charge is -2.05. The molecule has 3 aromatic carbocycles. The predicted molar refractivity (Wildman–Crippen MR) is 99.2 cm³/mol. The number of aromatic nitrogens is 4. The molecule has 2 aromatic heterocycles. The van der Waals surface area contributed by atoms with Crippen LogP contribution in [0.3, 0.4) is 0 Å². The summed E-state index contributed by atoms with van der Waals surface area (Å²) in [6, 6.07) is 28.2. The Bertz CT molecular complexity index is 1180. The van der Waals surface area contributed by atoms with Gasteiger partial charge in [0.1, 0.15) is 5.69 Å². The molecule has 0 aliphatic heterocycles. The highest BCUT2D eigenvalue weighted by atomic mass is 15.3. The zero-order chi connectivity index (χ0) is 16.6. The first kappa shape index (κ1) is 13.9. The zero-order valence-electron chi connectivity index (χ0n) is 13.4. The summed E-state index contributed by atoms with van der Waals surface area (Å²) in [7, 11) is 0. The quantitative estimate of drug-likeness (QED) is 0.476. The first-order chi connectivity index (χ1) is 12.4. The Hall–Kier alpha value is -3.53. The third-order valence-electron chi connectivity index (χ3n) is 4.24. The number of nitrogens with zero attached hydrogens (tertiary/aromatic N) is 4. The van der Waals surface area contributed by atoms with Crippen molar-refractivity contribution in [3.8, 4) is 22.6 Å². The van der Waals surface area contributed by atoms with Gasteiger partial charge in [-0.05, 0) is 12.1 Å². The highest BCUT2D eigenvalue weighted by molar-refractivity contribution is 5.86. The van der Waals surface area contributed by atoms with Crippen LogP contribution in [0.1, 0.15) is 0 Å². The standard InChI is InChI=1S/C21H14N4/c1-3-9-15(10-4-1)19-21-23-20(16-11-5-2-6-12-16)24-25(21)18-14-8-7-13-17(18)22-19/h1-14H. The largest absolute Gasteiger partial charge is 0.242 e. The first-order valence-electron chi connectivity index (χ1n) is 8.16. The second-order valence-corrected chi connectivity index (χ2v) is 5.85. The molecule has 0 unspecified atom stereocenters. The van der Waals surface area contributed by atoms with Crippen LogP contribution in [0.5, 0.6) is 0 Å². The molecular formula is C21H14N4. The number of benzene rings is 3. The van der Waals surface area contributed by atoms with Gasteiger partial charge in [-0.1, -0.05) is 72.8 Å². The first-order valence-corrected chi connectivity index (χ1v) is 8.16. The number of fused-ring (bicyclic) bond motifs is 3. The molecule has 0 fully saturated rings. The van der Waals surface area contributed by atoms with Gasteiger partial charge >= 0.3 is 0 Å². The Balaban J connectivity index is 1.88. The van der Waals surface area contributed by atoms with E-state index in [0.29, 0.717) is 5.82 Å². The van der Waals surface area contributed by atoms with Crippen LogP contribution in [0.25, 0.3) is 39.3 Å². The van der Waals surface area contributed by atoms with Gasteiger partial charge in [0.05, 0.1) is 11.0 Å². The monoisotopic (exact) mass is 322 g/mol. The summed E-state index contributed by atoms with van der Waals surface area (Å²) in [5, 5.41) is 4.76. The molecule has 0 N–H and O–H groups in total. The fraction of sp³-hybridized carbons (Fsp3) is 0. The van der Waals surface area contributed by atoms with E-state index in [4.69, 9.17) is 15.1 Å². The Morgan fingerprint density at radius 1 is 0.600 bits per heavy atom. The summed E-state index contributed by atoms with van der Waals surface area (Å²) in [6.07, 6.45) is 0. The van der Waals surface area contributed by atoms with Crippen molar-refractivity contribution in [2.75, 3.05) is 0 Å². The van der Waals surface area contributed by atoms with Crippen molar-refractivity contribution in [2.45, 2.75) is 0 Å². The number of hydrogen-bond acceptors (Lipinski definition) is 3. The molecule has 0 saturated heterocycles. The van der Waals surface area contributed by atoms with E-state index in [-0.39, 0.29) is 0 Å². The molecule has 118 valence electrons. The molecule has 0 radical (unpaired) electrons. The lowest BCUT2D eigenvalue weighted by Crippen LogP contribution is -1.97. The van der Waals surface area contributed by atoms with Crippen molar-refractivity contribution in [1.82, 2.24) is 19.6 Å². The van der Waals surface area contributed by atoms with Crippen LogP contribution in [-0.2, 0) is 0 Å².